The maximum Gasteiger partial charge on any atom is 0.189 e. The van der Waals surface area contributed by atoms with Gasteiger partial charge in [-0.1, -0.05) is 33.1 Å². The predicted octanol–water partition coefficient (Wildman–Crippen LogP) is 2.02. The number of guanidine groups is 1. The summed E-state index contributed by atoms with van der Waals surface area (Å²) in [6, 6.07) is 1.03. The third-order valence-electron chi connectivity index (χ3n) is 3.71. The van der Waals surface area contributed by atoms with Gasteiger partial charge in [-0.15, -0.1) is 0 Å². The standard InChI is InChI=1S/C12H23N3/c1-12(2)8-10(12)15-11(13)14-9-6-4-3-5-7-9/h9-10H,3-8H2,1-2H3,(H3,13,14,15). The van der Waals surface area contributed by atoms with Gasteiger partial charge in [-0.2, -0.15) is 0 Å². The van der Waals surface area contributed by atoms with Crippen molar-refractivity contribution in [3.63, 3.8) is 0 Å². The molecular weight excluding hydrogens is 186 g/mol. The van der Waals surface area contributed by atoms with E-state index in [2.05, 4.69) is 24.2 Å². The smallest absolute Gasteiger partial charge is 0.189 e. The van der Waals surface area contributed by atoms with E-state index in [-0.39, 0.29) is 0 Å². The van der Waals surface area contributed by atoms with E-state index in [4.69, 9.17) is 5.73 Å². The van der Waals surface area contributed by atoms with Crippen molar-refractivity contribution in [2.24, 2.45) is 16.1 Å². The minimum Gasteiger partial charge on any atom is -0.370 e. The summed E-state index contributed by atoms with van der Waals surface area (Å²) in [6.07, 6.45) is 7.74. The minimum atomic E-state index is 0.388. The van der Waals surface area contributed by atoms with E-state index in [1.165, 1.54) is 38.5 Å². The number of aliphatic imine (C=N–C) groups is 1. The van der Waals surface area contributed by atoms with Crippen LogP contribution in [0.25, 0.3) is 0 Å². The summed E-state index contributed by atoms with van der Waals surface area (Å²) in [5, 5.41) is 3.36. The molecule has 3 heteroatoms. The Morgan fingerprint density at radius 2 is 1.87 bits per heavy atom. The average molecular weight is 209 g/mol. The molecule has 1 atom stereocenters. The Balaban J connectivity index is 1.78. The maximum absolute atomic E-state index is 5.91. The Bertz CT molecular complexity index is 252. The molecule has 0 aromatic carbocycles. The molecule has 2 aliphatic rings. The lowest BCUT2D eigenvalue weighted by atomic mass is 9.96. The molecule has 0 aromatic rings. The summed E-state index contributed by atoms with van der Waals surface area (Å²) in [4.78, 5) is 4.52. The van der Waals surface area contributed by atoms with Gasteiger partial charge in [0.05, 0.1) is 6.04 Å². The summed E-state index contributed by atoms with van der Waals surface area (Å²) in [6.45, 7) is 4.49. The number of hydrogen-bond donors (Lipinski definition) is 2. The van der Waals surface area contributed by atoms with Crippen LogP contribution in [0.3, 0.4) is 0 Å². The Morgan fingerprint density at radius 3 is 2.40 bits per heavy atom. The van der Waals surface area contributed by atoms with Crippen LogP contribution in [0.1, 0.15) is 52.4 Å². The van der Waals surface area contributed by atoms with Gasteiger partial charge in [0.1, 0.15) is 0 Å². The summed E-state index contributed by atoms with van der Waals surface area (Å²) in [5.74, 6) is 0.664. The third-order valence-corrected chi connectivity index (χ3v) is 3.71. The SMILES string of the molecule is CC1(C)CC1N=C(N)NC1CCCCC1. The predicted molar refractivity (Wildman–Crippen MR) is 63.8 cm³/mol. The fourth-order valence-electron chi connectivity index (χ4n) is 2.32. The first-order valence-corrected chi connectivity index (χ1v) is 6.18. The molecule has 0 saturated heterocycles. The zero-order valence-corrected chi connectivity index (χ0v) is 9.92. The molecule has 2 fully saturated rings. The van der Waals surface area contributed by atoms with Crippen LogP contribution in [0.2, 0.25) is 0 Å². The number of nitrogens with two attached hydrogens (primary N) is 1. The Morgan fingerprint density at radius 1 is 1.27 bits per heavy atom. The molecule has 0 aromatic heterocycles. The normalized spacial score (nSPS) is 31.3. The second kappa shape index (κ2) is 4.03. The van der Waals surface area contributed by atoms with Crippen LogP contribution in [-0.4, -0.2) is 18.0 Å². The van der Waals surface area contributed by atoms with Gasteiger partial charge >= 0.3 is 0 Å². The lowest BCUT2D eigenvalue weighted by Crippen LogP contribution is -2.41. The number of rotatable bonds is 2. The second-order valence-electron chi connectivity index (χ2n) is 5.70. The van der Waals surface area contributed by atoms with Crippen LogP contribution in [0.5, 0.6) is 0 Å². The quantitative estimate of drug-likeness (QED) is 0.540. The van der Waals surface area contributed by atoms with Gasteiger partial charge in [-0.05, 0) is 24.7 Å². The van der Waals surface area contributed by atoms with Crippen molar-refractivity contribution in [1.29, 1.82) is 0 Å². The summed E-state index contributed by atoms with van der Waals surface area (Å²) < 4.78 is 0. The molecule has 0 bridgehead atoms. The first-order chi connectivity index (χ1) is 7.08. The Hall–Kier alpha value is -0.730. The molecule has 3 nitrogen and oxygen atoms in total. The molecule has 0 amide bonds. The fourth-order valence-corrected chi connectivity index (χ4v) is 2.32. The van der Waals surface area contributed by atoms with Gasteiger partial charge in [-0.25, -0.2) is 4.99 Å². The van der Waals surface area contributed by atoms with Gasteiger partial charge in [-0.3, -0.25) is 0 Å². The van der Waals surface area contributed by atoms with Crippen LogP contribution in [-0.2, 0) is 0 Å². The van der Waals surface area contributed by atoms with Crippen LogP contribution in [0.4, 0.5) is 0 Å². The Labute approximate surface area is 92.5 Å². The number of hydrogen-bond acceptors (Lipinski definition) is 1. The number of nitrogens with one attached hydrogen (secondary N) is 1. The molecule has 2 rings (SSSR count). The lowest BCUT2D eigenvalue weighted by molar-refractivity contribution is 0.412. The molecule has 2 saturated carbocycles. The average Bonchev–Trinajstić information content (AvgIpc) is 2.74. The van der Waals surface area contributed by atoms with E-state index >= 15 is 0 Å². The van der Waals surface area contributed by atoms with E-state index in [0.717, 1.165) is 0 Å². The zero-order chi connectivity index (χ0) is 10.9. The van der Waals surface area contributed by atoms with Crippen molar-refractivity contribution in [3.05, 3.63) is 0 Å². The molecule has 86 valence electrons. The highest BCUT2D eigenvalue weighted by Crippen LogP contribution is 2.47. The minimum absolute atomic E-state index is 0.388. The monoisotopic (exact) mass is 209 g/mol. The molecule has 1 unspecified atom stereocenters. The summed E-state index contributed by atoms with van der Waals surface area (Å²) in [5.41, 5.74) is 6.29. The molecule has 15 heavy (non-hydrogen) atoms. The van der Waals surface area contributed by atoms with Gasteiger partial charge in [0.2, 0.25) is 0 Å². The van der Waals surface area contributed by atoms with Gasteiger partial charge < -0.3 is 11.1 Å². The van der Waals surface area contributed by atoms with Crippen molar-refractivity contribution in [2.45, 2.75) is 64.5 Å². The van der Waals surface area contributed by atoms with E-state index < -0.39 is 0 Å². The molecule has 2 aliphatic carbocycles. The van der Waals surface area contributed by atoms with Crippen LogP contribution < -0.4 is 11.1 Å². The van der Waals surface area contributed by atoms with Gasteiger partial charge in [0.15, 0.2) is 5.96 Å². The van der Waals surface area contributed by atoms with Gasteiger partial charge in [0.25, 0.3) is 0 Å². The second-order valence-corrected chi connectivity index (χ2v) is 5.70. The van der Waals surface area contributed by atoms with Gasteiger partial charge in [0, 0.05) is 6.04 Å². The summed E-state index contributed by atoms with van der Waals surface area (Å²) >= 11 is 0. The first-order valence-electron chi connectivity index (χ1n) is 6.18. The largest absolute Gasteiger partial charge is 0.370 e. The van der Waals surface area contributed by atoms with Crippen LogP contribution in [0.15, 0.2) is 4.99 Å². The fraction of sp³-hybridized carbons (Fsp3) is 0.917. The molecule has 3 N–H and O–H groups in total. The molecule has 0 aliphatic heterocycles. The number of nitrogens with zero attached hydrogens (tertiary/aromatic N) is 1. The molecule has 0 spiro atoms. The highest BCUT2D eigenvalue weighted by Gasteiger charge is 2.46. The Kier molecular flexibility index (Phi) is 2.89. The van der Waals surface area contributed by atoms with Crippen LogP contribution in [0, 0.1) is 5.41 Å². The topological polar surface area (TPSA) is 50.4 Å². The van der Waals surface area contributed by atoms with Crippen molar-refractivity contribution in [1.82, 2.24) is 5.32 Å². The zero-order valence-electron chi connectivity index (χ0n) is 9.92. The maximum atomic E-state index is 5.91. The van der Waals surface area contributed by atoms with Crippen molar-refractivity contribution >= 4 is 5.96 Å². The van der Waals surface area contributed by atoms with Crippen LogP contribution >= 0.6 is 0 Å². The van der Waals surface area contributed by atoms with E-state index in [0.29, 0.717) is 23.5 Å². The third kappa shape index (κ3) is 2.86. The lowest BCUT2D eigenvalue weighted by Gasteiger charge is -2.23. The van der Waals surface area contributed by atoms with E-state index in [9.17, 15) is 0 Å². The summed E-state index contributed by atoms with van der Waals surface area (Å²) in [7, 11) is 0. The molecule has 0 radical (unpaired) electrons. The molecular formula is C12H23N3. The van der Waals surface area contributed by atoms with Crippen molar-refractivity contribution in [2.75, 3.05) is 0 Å². The van der Waals surface area contributed by atoms with E-state index in [1.54, 1.807) is 0 Å². The van der Waals surface area contributed by atoms with Crippen molar-refractivity contribution < 1.29 is 0 Å². The molecule has 0 heterocycles. The highest BCUT2D eigenvalue weighted by molar-refractivity contribution is 5.78. The van der Waals surface area contributed by atoms with Crippen molar-refractivity contribution in [3.8, 4) is 0 Å². The van der Waals surface area contributed by atoms with E-state index in [1.807, 2.05) is 0 Å². The first kappa shape index (κ1) is 10.8. The highest BCUT2D eigenvalue weighted by atomic mass is 15.1.